The highest BCUT2D eigenvalue weighted by Crippen LogP contribution is 2.52. The van der Waals surface area contributed by atoms with Gasteiger partial charge in [0.1, 0.15) is 0 Å². The third-order valence-corrected chi connectivity index (χ3v) is 5.70. The Bertz CT molecular complexity index is 721. The molecule has 2 nitrogen and oxygen atoms in total. The van der Waals surface area contributed by atoms with Crippen molar-refractivity contribution in [2.75, 3.05) is 0 Å². The van der Waals surface area contributed by atoms with Gasteiger partial charge in [0.15, 0.2) is 0 Å². The first-order valence-electron chi connectivity index (χ1n) is 7.93. The molecule has 1 fully saturated rings. The van der Waals surface area contributed by atoms with Crippen LogP contribution in [0.4, 0.5) is 0 Å². The van der Waals surface area contributed by atoms with Crippen LogP contribution in [-0.2, 0) is 6.42 Å². The molecule has 0 aliphatic heterocycles. The molecule has 1 aromatic carbocycles. The Morgan fingerprint density at radius 2 is 2.00 bits per heavy atom. The zero-order valence-electron chi connectivity index (χ0n) is 13.1. The largest absolute Gasteiger partial charge is 0.233 e. The molecule has 0 amide bonds. The Balaban J connectivity index is 1.82. The second-order valence-corrected chi connectivity index (χ2v) is 7.01. The summed E-state index contributed by atoms with van der Waals surface area (Å²) < 4.78 is 2.10. The fourth-order valence-corrected chi connectivity index (χ4v) is 3.95. The van der Waals surface area contributed by atoms with E-state index >= 15 is 0 Å². The monoisotopic (exact) mass is 278 g/mol. The van der Waals surface area contributed by atoms with Gasteiger partial charge in [0.2, 0.25) is 0 Å². The van der Waals surface area contributed by atoms with Crippen LogP contribution < -0.4 is 0 Å². The highest BCUT2D eigenvalue weighted by Gasteiger charge is 2.43. The number of hydrogen-bond acceptors (Lipinski definition) is 1. The average Bonchev–Trinajstić information content (AvgIpc) is 2.99. The Kier molecular flexibility index (Phi) is 2.66. The predicted molar refractivity (Wildman–Crippen MR) is 86.5 cm³/mol. The second kappa shape index (κ2) is 4.33. The fraction of sp³-hybridized carbons (Fsp3) is 0.421. The molecule has 4 rings (SSSR count). The maximum absolute atomic E-state index is 4.65. The number of benzene rings is 1. The van der Waals surface area contributed by atoms with Gasteiger partial charge in [-0.25, -0.2) is 4.68 Å². The summed E-state index contributed by atoms with van der Waals surface area (Å²) in [6, 6.07) is 8.63. The molecule has 2 heteroatoms. The van der Waals surface area contributed by atoms with Crippen molar-refractivity contribution in [3.05, 3.63) is 52.9 Å². The standard InChI is InChI=1S/C19H22N2/c1-13-4-8-17(9-5-13)21-18-10-16-7-6-14(2)19(16,3)11-15(18)12-20-21/h4-5,8-10,12,14H,6-7,11H2,1-3H3. The highest BCUT2D eigenvalue weighted by molar-refractivity contribution is 5.61. The van der Waals surface area contributed by atoms with Gasteiger partial charge in [0, 0.05) is 0 Å². The lowest BCUT2D eigenvalue weighted by atomic mass is 9.70. The van der Waals surface area contributed by atoms with Crippen molar-refractivity contribution in [2.24, 2.45) is 11.3 Å². The summed E-state index contributed by atoms with van der Waals surface area (Å²) in [5.41, 5.74) is 7.12. The van der Waals surface area contributed by atoms with Gasteiger partial charge in [-0.1, -0.05) is 37.1 Å². The van der Waals surface area contributed by atoms with Gasteiger partial charge in [-0.2, -0.15) is 5.10 Å². The second-order valence-electron chi connectivity index (χ2n) is 7.01. The summed E-state index contributed by atoms with van der Waals surface area (Å²) in [6.07, 6.45) is 8.19. The Morgan fingerprint density at radius 3 is 2.76 bits per heavy atom. The third-order valence-electron chi connectivity index (χ3n) is 5.70. The maximum Gasteiger partial charge on any atom is 0.0700 e. The zero-order valence-corrected chi connectivity index (χ0v) is 13.1. The molecular weight excluding hydrogens is 256 g/mol. The minimum atomic E-state index is 0.355. The van der Waals surface area contributed by atoms with E-state index in [9.17, 15) is 0 Å². The van der Waals surface area contributed by atoms with Crippen LogP contribution in [-0.4, -0.2) is 9.78 Å². The number of hydrogen-bond donors (Lipinski definition) is 0. The van der Waals surface area contributed by atoms with Gasteiger partial charge in [0.25, 0.3) is 0 Å². The van der Waals surface area contributed by atoms with E-state index in [1.165, 1.54) is 29.7 Å². The van der Waals surface area contributed by atoms with Gasteiger partial charge in [0.05, 0.1) is 17.6 Å². The molecular formula is C19H22N2. The van der Waals surface area contributed by atoms with Crippen LogP contribution in [0.5, 0.6) is 0 Å². The Hall–Kier alpha value is -1.83. The smallest absolute Gasteiger partial charge is 0.0700 e. The molecule has 0 spiro atoms. The topological polar surface area (TPSA) is 17.8 Å². The quantitative estimate of drug-likeness (QED) is 0.748. The van der Waals surface area contributed by atoms with E-state index in [1.54, 1.807) is 5.57 Å². The van der Waals surface area contributed by atoms with Crippen molar-refractivity contribution in [3.63, 3.8) is 0 Å². The van der Waals surface area contributed by atoms with Crippen LogP contribution in [0.3, 0.4) is 0 Å². The van der Waals surface area contributed by atoms with Crippen molar-refractivity contribution >= 4 is 6.08 Å². The third kappa shape index (κ3) is 1.81. The first-order valence-corrected chi connectivity index (χ1v) is 7.93. The molecule has 2 atom stereocenters. The number of allylic oxidation sites excluding steroid dienone is 1. The molecule has 0 N–H and O–H groups in total. The van der Waals surface area contributed by atoms with Gasteiger partial charge in [-0.05, 0) is 61.3 Å². The molecule has 21 heavy (non-hydrogen) atoms. The van der Waals surface area contributed by atoms with E-state index in [4.69, 9.17) is 0 Å². The van der Waals surface area contributed by atoms with Crippen LogP contribution in [0.2, 0.25) is 0 Å². The normalized spacial score (nSPS) is 27.2. The average molecular weight is 278 g/mol. The van der Waals surface area contributed by atoms with Crippen LogP contribution in [0.1, 0.15) is 43.5 Å². The van der Waals surface area contributed by atoms with E-state index in [0.29, 0.717) is 5.41 Å². The first-order chi connectivity index (χ1) is 10.1. The summed E-state index contributed by atoms with van der Waals surface area (Å²) in [5, 5.41) is 4.65. The van der Waals surface area contributed by atoms with Crippen LogP contribution in [0.25, 0.3) is 11.8 Å². The molecule has 1 heterocycles. The molecule has 2 aliphatic rings. The highest BCUT2D eigenvalue weighted by atomic mass is 15.3. The first kappa shape index (κ1) is 12.9. The van der Waals surface area contributed by atoms with Gasteiger partial charge in [-0.15, -0.1) is 0 Å². The Morgan fingerprint density at radius 1 is 1.24 bits per heavy atom. The lowest BCUT2D eigenvalue weighted by Gasteiger charge is -2.34. The summed E-state index contributed by atoms with van der Waals surface area (Å²) in [7, 11) is 0. The summed E-state index contributed by atoms with van der Waals surface area (Å²) in [5.74, 6) is 0.777. The van der Waals surface area contributed by atoms with Gasteiger partial charge >= 0.3 is 0 Å². The van der Waals surface area contributed by atoms with E-state index in [1.807, 2.05) is 0 Å². The lowest BCUT2D eigenvalue weighted by molar-refractivity contribution is 0.294. The molecule has 2 aliphatic carbocycles. The summed E-state index contributed by atoms with van der Waals surface area (Å²) in [6.45, 7) is 6.95. The van der Waals surface area contributed by atoms with E-state index in [-0.39, 0.29) is 0 Å². The number of nitrogens with zero attached hydrogens (tertiary/aromatic N) is 2. The van der Waals surface area contributed by atoms with Gasteiger partial charge in [-0.3, -0.25) is 0 Å². The minimum absolute atomic E-state index is 0.355. The van der Waals surface area contributed by atoms with Crippen molar-refractivity contribution in [2.45, 2.75) is 40.0 Å². The zero-order chi connectivity index (χ0) is 14.6. The van der Waals surface area contributed by atoms with Crippen molar-refractivity contribution in [1.29, 1.82) is 0 Å². The number of fused-ring (bicyclic) bond motifs is 2. The molecule has 1 aromatic heterocycles. The molecule has 2 unspecified atom stereocenters. The number of aromatic nitrogens is 2. The Labute approximate surface area is 126 Å². The van der Waals surface area contributed by atoms with Crippen LogP contribution >= 0.6 is 0 Å². The lowest BCUT2D eigenvalue weighted by Crippen LogP contribution is -2.27. The van der Waals surface area contributed by atoms with E-state index in [0.717, 1.165) is 18.0 Å². The number of aryl methyl sites for hydroxylation is 1. The molecule has 0 bridgehead atoms. The summed E-state index contributed by atoms with van der Waals surface area (Å²) >= 11 is 0. The van der Waals surface area contributed by atoms with Crippen molar-refractivity contribution in [3.8, 4) is 5.69 Å². The maximum atomic E-state index is 4.65. The molecule has 1 saturated carbocycles. The van der Waals surface area contributed by atoms with E-state index in [2.05, 4.69) is 67.1 Å². The fourth-order valence-electron chi connectivity index (χ4n) is 3.95. The molecule has 2 aromatic rings. The summed E-state index contributed by atoms with van der Waals surface area (Å²) in [4.78, 5) is 0. The SMILES string of the molecule is Cc1ccc(-n2ncc3c2C=C2CCC(C)C2(C)C3)cc1. The predicted octanol–water partition coefficient (Wildman–Crippen LogP) is 4.56. The van der Waals surface area contributed by atoms with E-state index < -0.39 is 0 Å². The van der Waals surface area contributed by atoms with Crippen molar-refractivity contribution in [1.82, 2.24) is 9.78 Å². The van der Waals surface area contributed by atoms with Crippen LogP contribution in [0, 0.1) is 18.3 Å². The number of rotatable bonds is 1. The molecule has 0 saturated heterocycles. The molecule has 108 valence electrons. The van der Waals surface area contributed by atoms with Crippen molar-refractivity contribution < 1.29 is 0 Å². The molecule has 0 radical (unpaired) electrons. The van der Waals surface area contributed by atoms with Gasteiger partial charge < -0.3 is 0 Å². The minimum Gasteiger partial charge on any atom is -0.233 e. The van der Waals surface area contributed by atoms with Crippen LogP contribution in [0.15, 0.2) is 36.0 Å².